The summed E-state index contributed by atoms with van der Waals surface area (Å²) in [7, 11) is 0. The van der Waals surface area contributed by atoms with Gasteiger partial charge in [-0.15, -0.1) is 0 Å². The van der Waals surface area contributed by atoms with Crippen molar-refractivity contribution in [3.8, 4) is 6.07 Å². The average Bonchev–Trinajstić information content (AvgIpc) is 2.09. The molecule has 1 rings (SSSR count). The molecule has 0 aliphatic rings. The Balaban J connectivity index is 3.31. The Labute approximate surface area is 93.0 Å². The van der Waals surface area contributed by atoms with Crippen molar-refractivity contribution in [3.05, 3.63) is 31.3 Å². The van der Waals surface area contributed by atoms with Gasteiger partial charge in [0.2, 0.25) is 0 Å². The first-order chi connectivity index (χ1) is 5.69. The number of hydrogen-bond donors (Lipinski definition) is 1. The minimum absolute atomic E-state index is 0.470. The topological polar surface area (TPSA) is 49.8 Å². The lowest BCUT2D eigenvalue weighted by atomic mass is 10.1. The van der Waals surface area contributed by atoms with Gasteiger partial charge in [-0.2, -0.15) is 5.26 Å². The molecule has 0 radical (unpaired) electrons. The summed E-state index contributed by atoms with van der Waals surface area (Å²) in [6.45, 7) is 0.470. The first-order valence-corrected chi connectivity index (χ1v) is 5.14. The number of nitrogens with zero attached hydrogens (tertiary/aromatic N) is 1. The Bertz CT molecular complexity index is 344. The van der Waals surface area contributed by atoms with Gasteiger partial charge in [-0.05, 0) is 56.2 Å². The molecule has 0 saturated carbocycles. The monoisotopic (exact) mass is 336 g/mol. The van der Waals surface area contributed by atoms with Crippen LogP contribution in [0.15, 0.2) is 16.6 Å². The minimum Gasteiger partial charge on any atom is -0.326 e. The Morgan fingerprint density at radius 1 is 1.58 bits per heavy atom. The molecule has 0 bridgehead atoms. The Kier molecular flexibility index (Phi) is 3.50. The van der Waals surface area contributed by atoms with Gasteiger partial charge in [-0.25, -0.2) is 0 Å². The van der Waals surface area contributed by atoms with E-state index in [1.54, 1.807) is 6.07 Å². The van der Waals surface area contributed by atoms with Crippen LogP contribution in [-0.2, 0) is 6.54 Å². The number of nitrogens with two attached hydrogens (primary N) is 1. The first-order valence-electron chi connectivity index (χ1n) is 3.27. The van der Waals surface area contributed by atoms with Crippen molar-refractivity contribution < 1.29 is 0 Å². The van der Waals surface area contributed by atoms with E-state index >= 15 is 0 Å². The van der Waals surface area contributed by atoms with Crippen LogP contribution in [-0.4, -0.2) is 0 Å². The Morgan fingerprint density at radius 2 is 2.25 bits per heavy atom. The molecule has 2 nitrogen and oxygen atoms in total. The van der Waals surface area contributed by atoms with E-state index in [0.717, 1.165) is 13.6 Å². The molecule has 2 N–H and O–H groups in total. The molecule has 12 heavy (non-hydrogen) atoms. The summed E-state index contributed by atoms with van der Waals surface area (Å²) in [5.74, 6) is 0. The van der Waals surface area contributed by atoms with Gasteiger partial charge in [-0.3, -0.25) is 0 Å². The first kappa shape index (κ1) is 9.96. The van der Waals surface area contributed by atoms with Crippen molar-refractivity contribution in [2.75, 3.05) is 0 Å². The second-order valence-electron chi connectivity index (χ2n) is 2.26. The molecular formula is C8H6BrIN2. The average molecular weight is 337 g/mol. The quantitative estimate of drug-likeness (QED) is 0.800. The molecule has 0 heterocycles. The summed E-state index contributed by atoms with van der Waals surface area (Å²) in [5.41, 5.74) is 7.09. The molecule has 0 aromatic heterocycles. The van der Waals surface area contributed by atoms with Gasteiger partial charge in [0, 0.05) is 14.6 Å². The van der Waals surface area contributed by atoms with Crippen LogP contribution in [0.2, 0.25) is 0 Å². The van der Waals surface area contributed by atoms with Crippen molar-refractivity contribution >= 4 is 38.5 Å². The van der Waals surface area contributed by atoms with Crippen molar-refractivity contribution in [2.45, 2.75) is 6.54 Å². The van der Waals surface area contributed by atoms with Gasteiger partial charge >= 0.3 is 0 Å². The van der Waals surface area contributed by atoms with Crippen LogP contribution in [0.4, 0.5) is 0 Å². The largest absolute Gasteiger partial charge is 0.326 e. The van der Waals surface area contributed by atoms with E-state index in [4.69, 9.17) is 11.0 Å². The second kappa shape index (κ2) is 4.21. The van der Waals surface area contributed by atoms with Crippen molar-refractivity contribution in [2.24, 2.45) is 5.73 Å². The molecule has 0 atom stereocenters. The normalized spacial score (nSPS) is 9.50. The molecule has 0 fully saturated rings. The standard InChI is InChI=1S/C8H6BrIN2/c9-8-6(4-12)1-5(3-11)2-7(8)10/h1-2H,3,11H2. The van der Waals surface area contributed by atoms with E-state index in [2.05, 4.69) is 44.6 Å². The Morgan fingerprint density at radius 3 is 2.75 bits per heavy atom. The maximum Gasteiger partial charge on any atom is 0.100 e. The van der Waals surface area contributed by atoms with E-state index in [1.807, 2.05) is 6.07 Å². The molecule has 1 aromatic rings. The molecule has 0 spiro atoms. The third-order valence-electron chi connectivity index (χ3n) is 1.44. The number of hydrogen-bond acceptors (Lipinski definition) is 2. The van der Waals surface area contributed by atoms with E-state index in [-0.39, 0.29) is 0 Å². The lowest BCUT2D eigenvalue weighted by Crippen LogP contribution is -1.98. The van der Waals surface area contributed by atoms with Crippen LogP contribution in [0.5, 0.6) is 0 Å². The zero-order valence-electron chi connectivity index (χ0n) is 6.14. The maximum atomic E-state index is 8.74. The summed E-state index contributed by atoms with van der Waals surface area (Å²) in [6, 6.07) is 5.87. The predicted molar refractivity (Wildman–Crippen MR) is 59.5 cm³/mol. The smallest absolute Gasteiger partial charge is 0.100 e. The van der Waals surface area contributed by atoms with Crippen LogP contribution < -0.4 is 5.73 Å². The molecule has 0 saturated heterocycles. The van der Waals surface area contributed by atoms with E-state index in [9.17, 15) is 0 Å². The SMILES string of the molecule is N#Cc1cc(CN)cc(I)c1Br. The van der Waals surface area contributed by atoms with Crippen LogP contribution in [0.1, 0.15) is 11.1 Å². The Hall–Kier alpha value is -0.120. The van der Waals surface area contributed by atoms with Gasteiger partial charge in [0.15, 0.2) is 0 Å². The molecule has 1 aromatic carbocycles. The van der Waals surface area contributed by atoms with Crippen molar-refractivity contribution in [1.29, 1.82) is 5.26 Å². The summed E-state index contributed by atoms with van der Waals surface area (Å²) < 4.78 is 1.87. The summed E-state index contributed by atoms with van der Waals surface area (Å²) >= 11 is 5.50. The van der Waals surface area contributed by atoms with E-state index in [1.165, 1.54) is 0 Å². The van der Waals surface area contributed by atoms with Crippen molar-refractivity contribution in [3.63, 3.8) is 0 Å². The van der Waals surface area contributed by atoms with Gasteiger partial charge in [0.1, 0.15) is 6.07 Å². The molecular weight excluding hydrogens is 331 g/mol. The van der Waals surface area contributed by atoms with Crippen LogP contribution in [0.25, 0.3) is 0 Å². The lowest BCUT2D eigenvalue weighted by Gasteiger charge is -2.02. The molecule has 62 valence electrons. The highest BCUT2D eigenvalue weighted by Gasteiger charge is 2.04. The van der Waals surface area contributed by atoms with Gasteiger partial charge in [0.05, 0.1) is 5.56 Å². The molecule has 0 aliphatic heterocycles. The highest BCUT2D eigenvalue weighted by molar-refractivity contribution is 14.1. The maximum absolute atomic E-state index is 8.74. The number of halogens is 2. The summed E-state index contributed by atoms with van der Waals surface area (Å²) in [4.78, 5) is 0. The molecule has 0 amide bonds. The summed E-state index contributed by atoms with van der Waals surface area (Å²) in [6.07, 6.45) is 0. The van der Waals surface area contributed by atoms with E-state index < -0.39 is 0 Å². The van der Waals surface area contributed by atoms with Gasteiger partial charge in [0.25, 0.3) is 0 Å². The highest BCUT2D eigenvalue weighted by Crippen LogP contribution is 2.24. The van der Waals surface area contributed by atoms with Crippen LogP contribution >= 0.6 is 38.5 Å². The zero-order chi connectivity index (χ0) is 9.14. The fourth-order valence-electron chi connectivity index (χ4n) is 0.844. The minimum atomic E-state index is 0.470. The third kappa shape index (κ3) is 1.97. The van der Waals surface area contributed by atoms with Crippen LogP contribution in [0.3, 0.4) is 0 Å². The highest BCUT2D eigenvalue weighted by atomic mass is 127. The fourth-order valence-corrected chi connectivity index (χ4v) is 1.85. The number of benzene rings is 1. The van der Waals surface area contributed by atoms with Crippen molar-refractivity contribution in [1.82, 2.24) is 0 Å². The van der Waals surface area contributed by atoms with Gasteiger partial charge < -0.3 is 5.73 Å². The second-order valence-corrected chi connectivity index (χ2v) is 4.21. The summed E-state index contributed by atoms with van der Waals surface area (Å²) in [5, 5.41) is 8.74. The molecule has 0 aliphatic carbocycles. The lowest BCUT2D eigenvalue weighted by molar-refractivity contribution is 1.06. The predicted octanol–water partition coefficient (Wildman–Crippen LogP) is 2.38. The van der Waals surface area contributed by atoms with E-state index in [0.29, 0.717) is 12.1 Å². The van der Waals surface area contributed by atoms with Crippen LogP contribution in [0, 0.1) is 14.9 Å². The zero-order valence-corrected chi connectivity index (χ0v) is 9.89. The molecule has 0 unspecified atom stereocenters. The fraction of sp³-hybridized carbons (Fsp3) is 0.125. The third-order valence-corrected chi connectivity index (χ3v) is 3.89. The van der Waals surface area contributed by atoms with Gasteiger partial charge in [-0.1, -0.05) is 0 Å². The number of nitriles is 1. The molecule has 4 heteroatoms. The number of rotatable bonds is 1.